The zero-order valence-corrected chi connectivity index (χ0v) is 12.5. The van der Waals surface area contributed by atoms with Crippen LogP contribution in [0.4, 0.5) is 5.13 Å². The molecule has 1 aromatic heterocycles. The number of thiazole rings is 1. The van der Waals surface area contributed by atoms with Crippen LogP contribution in [-0.4, -0.2) is 37.8 Å². The van der Waals surface area contributed by atoms with Crippen LogP contribution in [0.3, 0.4) is 0 Å². The topological polar surface area (TPSA) is 60.5 Å². The van der Waals surface area contributed by atoms with E-state index in [-0.39, 0.29) is 5.97 Å². The summed E-state index contributed by atoms with van der Waals surface area (Å²) in [5.41, 5.74) is 1.44. The third-order valence-corrected chi connectivity index (χ3v) is 3.62. The molecule has 0 unspecified atom stereocenters. The van der Waals surface area contributed by atoms with Gasteiger partial charge in [-0.05, 0) is 24.6 Å². The zero-order valence-electron chi connectivity index (χ0n) is 11.6. The fourth-order valence-electron chi connectivity index (χ4n) is 1.67. The number of aromatic nitrogens is 1. The number of hydrogen-bond acceptors (Lipinski definition) is 6. The lowest BCUT2D eigenvalue weighted by Crippen LogP contribution is -2.06. The van der Waals surface area contributed by atoms with Crippen LogP contribution in [0.15, 0.2) is 18.2 Å². The normalized spacial score (nSPS) is 10.7. The second kappa shape index (κ2) is 7.21. The number of carbonyl (C=O) groups excluding carboxylic acids is 1. The van der Waals surface area contributed by atoms with Crippen molar-refractivity contribution in [1.29, 1.82) is 0 Å². The van der Waals surface area contributed by atoms with Crippen LogP contribution in [0.1, 0.15) is 23.7 Å². The SMILES string of the molecule is CCCOC(=O)c1ccc2nc(NCCOC)sc2c1. The van der Waals surface area contributed by atoms with Crippen molar-refractivity contribution in [3.05, 3.63) is 23.8 Å². The molecule has 0 saturated carbocycles. The number of anilines is 1. The summed E-state index contributed by atoms with van der Waals surface area (Å²) in [6, 6.07) is 5.42. The summed E-state index contributed by atoms with van der Waals surface area (Å²) in [5, 5.41) is 4.01. The Morgan fingerprint density at radius 1 is 1.40 bits per heavy atom. The molecule has 0 radical (unpaired) electrons. The quantitative estimate of drug-likeness (QED) is 0.628. The van der Waals surface area contributed by atoms with Gasteiger partial charge in [0, 0.05) is 13.7 Å². The summed E-state index contributed by atoms with van der Waals surface area (Å²) in [7, 11) is 1.66. The number of esters is 1. The van der Waals surface area contributed by atoms with Crippen molar-refractivity contribution >= 4 is 32.7 Å². The van der Waals surface area contributed by atoms with E-state index >= 15 is 0 Å². The van der Waals surface area contributed by atoms with Crippen LogP contribution in [0.2, 0.25) is 0 Å². The Morgan fingerprint density at radius 2 is 2.25 bits per heavy atom. The Hall–Kier alpha value is -1.66. The number of ether oxygens (including phenoxy) is 2. The highest BCUT2D eigenvalue weighted by Gasteiger charge is 2.10. The molecule has 0 saturated heterocycles. The lowest BCUT2D eigenvalue weighted by Gasteiger charge is -2.02. The molecule has 0 bridgehead atoms. The van der Waals surface area contributed by atoms with Crippen molar-refractivity contribution in [3.63, 3.8) is 0 Å². The molecule has 2 aromatic rings. The average molecular weight is 294 g/mol. The van der Waals surface area contributed by atoms with Crippen molar-refractivity contribution in [2.24, 2.45) is 0 Å². The number of rotatable bonds is 7. The van der Waals surface area contributed by atoms with Gasteiger partial charge in [-0.1, -0.05) is 18.3 Å². The molecule has 0 atom stereocenters. The van der Waals surface area contributed by atoms with Crippen molar-refractivity contribution < 1.29 is 14.3 Å². The highest BCUT2D eigenvalue weighted by atomic mass is 32.1. The molecule has 108 valence electrons. The molecule has 0 fully saturated rings. The van der Waals surface area contributed by atoms with E-state index in [0.29, 0.717) is 25.3 Å². The van der Waals surface area contributed by atoms with Crippen LogP contribution in [-0.2, 0) is 9.47 Å². The van der Waals surface area contributed by atoms with Crippen LogP contribution in [0.5, 0.6) is 0 Å². The molecule has 2 rings (SSSR count). The second-order valence-electron chi connectivity index (χ2n) is 4.26. The lowest BCUT2D eigenvalue weighted by molar-refractivity contribution is 0.0505. The van der Waals surface area contributed by atoms with Crippen LogP contribution in [0.25, 0.3) is 10.2 Å². The van der Waals surface area contributed by atoms with E-state index in [1.807, 2.05) is 19.1 Å². The number of hydrogen-bond donors (Lipinski definition) is 1. The molecular weight excluding hydrogens is 276 g/mol. The molecule has 1 N–H and O–H groups in total. The van der Waals surface area contributed by atoms with E-state index in [2.05, 4.69) is 10.3 Å². The van der Waals surface area contributed by atoms with Gasteiger partial charge >= 0.3 is 5.97 Å². The zero-order chi connectivity index (χ0) is 14.4. The number of nitrogens with zero attached hydrogens (tertiary/aromatic N) is 1. The third-order valence-electron chi connectivity index (χ3n) is 2.64. The molecule has 20 heavy (non-hydrogen) atoms. The Kier molecular flexibility index (Phi) is 5.31. The first kappa shape index (κ1) is 14.7. The summed E-state index contributed by atoms with van der Waals surface area (Å²) in [4.78, 5) is 16.2. The predicted octanol–water partition coefficient (Wildman–Crippen LogP) is 2.92. The molecule has 0 spiro atoms. The summed E-state index contributed by atoms with van der Waals surface area (Å²) < 4.78 is 11.1. The van der Waals surface area contributed by atoms with E-state index in [0.717, 1.165) is 21.8 Å². The molecular formula is C14H18N2O3S. The largest absolute Gasteiger partial charge is 0.462 e. The molecule has 0 aliphatic carbocycles. The van der Waals surface area contributed by atoms with Crippen molar-refractivity contribution in [1.82, 2.24) is 4.98 Å². The Morgan fingerprint density at radius 3 is 3.00 bits per heavy atom. The van der Waals surface area contributed by atoms with Gasteiger partial charge in [-0.25, -0.2) is 9.78 Å². The standard InChI is InChI=1S/C14H18N2O3S/c1-3-7-19-13(17)10-4-5-11-12(9-10)20-14(16-11)15-6-8-18-2/h4-5,9H,3,6-8H2,1-2H3,(H,15,16). The van der Waals surface area contributed by atoms with Gasteiger partial charge in [0.1, 0.15) is 0 Å². The third kappa shape index (κ3) is 3.68. The minimum Gasteiger partial charge on any atom is -0.462 e. The number of benzene rings is 1. The van der Waals surface area contributed by atoms with Gasteiger partial charge in [0.25, 0.3) is 0 Å². The van der Waals surface area contributed by atoms with Gasteiger partial charge in [-0.2, -0.15) is 0 Å². The Bertz CT molecular complexity index is 583. The van der Waals surface area contributed by atoms with Gasteiger partial charge in [0.2, 0.25) is 0 Å². The first-order valence-corrected chi connectivity index (χ1v) is 7.36. The van der Waals surface area contributed by atoms with Crippen LogP contribution in [0, 0.1) is 0 Å². The molecule has 0 amide bonds. The van der Waals surface area contributed by atoms with Crippen LogP contribution >= 0.6 is 11.3 Å². The second-order valence-corrected chi connectivity index (χ2v) is 5.29. The minimum absolute atomic E-state index is 0.281. The average Bonchev–Trinajstić information content (AvgIpc) is 2.86. The number of nitrogens with one attached hydrogen (secondary N) is 1. The predicted molar refractivity (Wildman–Crippen MR) is 80.6 cm³/mol. The smallest absolute Gasteiger partial charge is 0.338 e. The van der Waals surface area contributed by atoms with Crippen LogP contribution < -0.4 is 5.32 Å². The first-order chi connectivity index (χ1) is 9.74. The van der Waals surface area contributed by atoms with Gasteiger partial charge in [-0.3, -0.25) is 0 Å². The fourth-order valence-corrected chi connectivity index (χ4v) is 2.60. The molecule has 0 aliphatic rings. The first-order valence-electron chi connectivity index (χ1n) is 6.55. The minimum atomic E-state index is -0.281. The molecule has 1 heterocycles. The van der Waals surface area contributed by atoms with E-state index in [9.17, 15) is 4.79 Å². The van der Waals surface area contributed by atoms with E-state index in [4.69, 9.17) is 9.47 Å². The summed E-state index contributed by atoms with van der Waals surface area (Å²) in [6.45, 7) is 3.76. The maximum absolute atomic E-state index is 11.8. The highest BCUT2D eigenvalue weighted by molar-refractivity contribution is 7.22. The maximum Gasteiger partial charge on any atom is 0.338 e. The van der Waals surface area contributed by atoms with Gasteiger partial charge in [0.05, 0.1) is 29.0 Å². The van der Waals surface area contributed by atoms with E-state index in [1.165, 1.54) is 11.3 Å². The number of carbonyl (C=O) groups is 1. The van der Waals surface area contributed by atoms with Gasteiger partial charge < -0.3 is 14.8 Å². The fraction of sp³-hybridized carbons (Fsp3) is 0.429. The van der Waals surface area contributed by atoms with Crippen molar-refractivity contribution in [2.75, 3.05) is 32.2 Å². The highest BCUT2D eigenvalue weighted by Crippen LogP contribution is 2.26. The van der Waals surface area contributed by atoms with Gasteiger partial charge in [0.15, 0.2) is 5.13 Å². The molecule has 6 heteroatoms. The van der Waals surface area contributed by atoms with E-state index < -0.39 is 0 Å². The summed E-state index contributed by atoms with van der Waals surface area (Å²) >= 11 is 1.52. The van der Waals surface area contributed by atoms with Crippen molar-refractivity contribution in [2.45, 2.75) is 13.3 Å². The maximum atomic E-state index is 11.8. The Balaban J connectivity index is 2.10. The van der Waals surface area contributed by atoms with Crippen molar-refractivity contribution in [3.8, 4) is 0 Å². The summed E-state index contributed by atoms with van der Waals surface area (Å²) in [6.07, 6.45) is 0.822. The molecule has 1 aromatic carbocycles. The van der Waals surface area contributed by atoms with E-state index in [1.54, 1.807) is 13.2 Å². The molecule has 5 nitrogen and oxygen atoms in total. The monoisotopic (exact) mass is 294 g/mol. The Labute approximate surface area is 121 Å². The number of methoxy groups -OCH3 is 1. The lowest BCUT2D eigenvalue weighted by atomic mass is 10.2. The summed E-state index contributed by atoms with van der Waals surface area (Å²) in [5.74, 6) is -0.281. The van der Waals surface area contributed by atoms with Gasteiger partial charge in [-0.15, -0.1) is 0 Å². The molecule has 0 aliphatic heterocycles. The number of fused-ring (bicyclic) bond motifs is 1.